The molecule has 1 aromatic carbocycles. The van der Waals surface area contributed by atoms with E-state index >= 15 is 0 Å². The van der Waals surface area contributed by atoms with Crippen LogP contribution < -0.4 is 10.1 Å². The molecule has 20 heavy (non-hydrogen) atoms. The minimum atomic E-state index is 0.345. The van der Waals surface area contributed by atoms with Gasteiger partial charge in [-0.1, -0.05) is 36.6 Å². The second kappa shape index (κ2) is 6.82. The van der Waals surface area contributed by atoms with Crippen molar-refractivity contribution < 1.29 is 4.74 Å². The molecular formula is C17H24ClNO. The molecule has 0 unspecified atom stereocenters. The van der Waals surface area contributed by atoms with Crippen molar-refractivity contribution in [2.24, 2.45) is 0 Å². The van der Waals surface area contributed by atoms with Crippen molar-refractivity contribution in [3.8, 4) is 5.75 Å². The standard InChI is InChI=1S/C17H24ClNO/c18-16-9-5-6-13(12-19-14-10-11-14)17(16)20-15-7-3-1-2-4-8-15/h5-6,9,14-15,19H,1-4,7-8,10-12H2. The highest BCUT2D eigenvalue weighted by Crippen LogP contribution is 2.32. The van der Waals surface area contributed by atoms with E-state index in [0.717, 1.165) is 17.3 Å². The highest BCUT2D eigenvalue weighted by molar-refractivity contribution is 6.32. The largest absolute Gasteiger partial charge is 0.489 e. The summed E-state index contributed by atoms with van der Waals surface area (Å²) < 4.78 is 6.28. The Hall–Kier alpha value is -0.730. The first-order valence-corrected chi connectivity index (χ1v) is 8.38. The minimum Gasteiger partial charge on any atom is -0.489 e. The minimum absolute atomic E-state index is 0.345. The Kier molecular flexibility index (Phi) is 4.85. The molecule has 0 amide bonds. The van der Waals surface area contributed by atoms with Crippen LogP contribution in [0.4, 0.5) is 0 Å². The summed E-state index contributed by atoms with van der Waals surface area (Å²) in [6.45, 7) is 0.868. The van der Waals surface area contributed by atoms with E-state index in [4.69, 9.17) is 16.3 Å². The zero-order valence-electron chi connectivity index (χ0n) is 12.0. The maximum absolute atomic E-state index is 6.37. The van der Waals surface area contributed by atoms with Gasteiger partial charge in [-0.15, -0.1) is 0 Å². The summed E-state index contributed by atoms with van der Waals surface area (Å²) in [5, 5.41) is 4.31. The van der Waals surface area contributed by atoms with Gasteiger partial charge < -0.3 is 10.1 Å². The summed E-state index contributed by atoms with van der Waals surface area (Å²) in [7, 11) is 0. The molecule has 0 atom stereocenters. The maximum atomic E-state index is 6.37. The van der Waals surface area contributed by atoms with Crippen LogP contribution in [0.15, 0.2) is 18.2 Å². The maximum Gasteiger partial charge on any atom is 0.142 e. The average Bonchev–Trinajstić information content (AvgIpc) is 3.26. The smallest absolute Gasteiger partial charge is 0.142 e. The third-order valence-corrected chi connectivity index (χ3v) is 4.59. The van der Waals surface area contributed by atoms with Gasteiger partial charge in [-0.05, 0) is 44.6 Å². The van der Waals surface area contributed by atoms with E-state index in [1.54, 1.807) is 0 Å². The van der Waals surface area contributed by atoms with Gasteiger partial charge in [-0.25, -0.2) is 0 Å². The monoisotopic (exact) mass is 293 g/mol. The van der Waals surface area contributed by atoms with Gasteiger partial charge in [0.25, 0.3) is 0 Å². The average molecular weight is 294 g/mol. The van der Waals surface area contributed by atoms with Crippen LogP contribution in [0, 0.1) is 0 Å². The lowest BCUT2D eigenvalue weighted by atomic mass is 10.1. The topological polar surface area (TPSA) is 21.3 Å². The highest BCUT2D eigenvalue weighted by Gasteiger charge is 2.22. The number of nitrogens with one attached hydrogen (secondary N) is 1. The first kappa shape index (κ1) is 14.2. The van der Waals surface area contributed by atoms with Crippen LogP contribution in [0.5, 0.6) is 5.75 Å². The highest BCUT2D eigenvalue weighted by atomic mass is 35.5. The molecule has 0 saturated heterocycles. The number of para-hydroxylation sites is 1. The molecule has 2 aliphatic carbocycles. The zero-order valence-corrected chi connectivity index (χ0v) is 12.8. The van der Waals surface area contributed by atoms with Gasteiger partial charge in [0.05, 0.1) is 11.1 Å². The SMILES string of the molecule is Clc1cccc(CNC2CC2)c1OC1CCCCCC1. The van der Waals surface area contributed by atoms with E-state index in [1.807, 2.05) is 12.1 Å². The summed E-state index contributed by atoms with van der Waals surface area (Å²) in [5.74, 6) is 0.911. The van der Waals surface area contributed by atoms with Crippen molar-refractivity contribution in [1.29, 1.82) is 0 Å². The third kappa shape index (κ3) is 3.89. The number of rotatable bonds is 5. The second-order valence-electron chi connectivity index (χ2n) is 6.11. The van der Waals surface area contributed by atoms with Gasteiger partial charge in [-0.3, -0.25) is 0 Å². The summed E-state index contributed by atoms with van der Waals surface area (Å²) in [5.41, 5.74) is 1.20. The second-order valence-corrected chi connectivity index (χ2v) is 6.52. The normalized spacial score (nSPS) is 20.6. The van der Waals surface area contributed by atoms with E-state index in [0.29, 0.717) is 12.1 Å². The molecule has 0 aromatic heterocycles. The molecule has 0 spiro atoms. The molecular weight excluding hydrogens is 270 g/mol. The number of ether oxygens (including phenoxy) is 1. The van der Waals surface area contributed by atoms with E-state index < -0.39 is 0 Å². The lowest BCUT2D eigenvalue weighted by Gasteiger charge is -2.20. The molecule has 1 N–H and O–H groups in total. The Labute approximate surface area is 126 Å². The lowest BCUT2D eigenvalue weighted by Crippen LogP contribution is -2.19. The van der Waals surface area contributed by atoms with Gasteiger partial charge >= 0.3 is 0 Å². The Bertz CT molecular complexity index is 437. The lowest BCUT2D eigenvalue weighted by molar-refractivity contribution is 0.182. The van der Waals surface area contributed by atoms with Crippen molar-refractivity contribution in [2.45, 2.75) is 70.1 Å². The van der Waals surface area contributed by atoms with Crippen LogP contribution in [0.25, 0.3) is 0 Å². The Morgan fingerprint density at radius 3 is 2.50 bits per heavy atom. The molecule has 2 nitrogen and oxygen atoms in total. The Morgan fingerprint density at radius 1 is 1.05 bits per heavy atom. The fourth-order valence-electron chi connectivity index (χ4n) is 2.89. The third-order valence-electron chi connectivity index (χ3n) is 4.29. The van der Waals surface area contributed by atoms with Gasteiger partial charge in [0.15, 0.2) is 0 Å². The van der Waals surface area contributed by atoms with Crippen LogP contribution in [-0.4, -0.2) is 12.1 Å². The fraction of sp³-hybridized carbons (Fsp3) is 0.647. The Morgan fingerprint density at radius 2 is 1.80 bits per heavy atom. The van der Waals surface area contributed by atoms with Crippen molar-refractivity contribution in [3.63, 3.8) is 0 Å². The van der Waals surface area contributed by atoms with Crippen LogP contribution in [0.1, 0.15) is 56.9 Å². The van der Waals surface area contributed by atoms with E-state index in [-0.39, 0.29) is 0 Å². The fourth-order valence-corrected chi connectivity index (χ4v) is 3.13. The molecule has 3 rings (SSSR count). The number of hydrogen-bond donors (Lipinski definition) is 1. The van der Waals surface area contributed by atoms with E-state index in [2.05, 4.69) is 11.4 Å². The number of benzene rings is 1. The summed E-state index contributed by atoms with van der Waals surface area (Å²) >= 11 is 6.37. The van der Waals surface area contributed by atoms with Crippen molar-refractivity contribution in [2.75, 3.05) is 0 Å². The van der Waals surface area contributed by atoms with Crippen LogP contribution >= 0.6 is 11.6 Å². The molecule has 2 fully saturated rings. The number of halogens is 1. The van der Waals surface area contributed by atoms with E-state index in [9.17, 15) is 0 Å². The summed E-state index contributed by atoms with van der Waals surface area (Å²) in [6, 6.07) is 6.80. The molecule has 0 aliphatic heterocycles. The van der Waals surface area contributed by atoms with Crippen LogP contribution in [-0.2, 0) is 6.54 Å². The molecule has 0 heterocycles. The quantitative estimate of drug-likeness (QED) is 0.795. The van der Waals surface area contributed by atoms with Gasteiger partial charge in [0.1, 0.15) is 5.75 Å². The summed E-state index contributed by atoms with van der Waals surface area (Å²) in [6.07, 6.45) is 10.5. The molecule has 2 saturated carbocycles. The van der Waals surface area contributed by atoms with E-state index in [1.165, 1.54) is 56.9 Å². The van der Waals surface area contributed by atoms with Crippen LogP contribution in [0.3, 0.4) is 0 Å². The van der Waals surface area contributed by atoms with Gasteiger partial charge in [0.2, 0.25) is 0 Å². The first-order valence-electron chi connectivity index (χ1n) is 8.00. The predicted octanol–water partition coefficient (Wildman–Crippen LogP) is 4.69. The van der Waals surface area contributed by atoms with Crippen LogP contribution in [0.2, 0.25) is 5.02 Å². The van der Waals surface area contributed by atoms with Gasteiger partial charge in [0, 0.05) is 18.2 Å². The predicted molar refractivity (Wildman–Crippen MR) is 83.4 cm³/mol. The first-order chi connectivity index (χ1) is 9.83. The summed E-state index contributed by atoms with van der Waals surface area (Å²) in [4.78, 5) is 0. The van der Waals surface area contributed by atoms with Crippen molar-refractivity contribution in [1.82, 2.24) is 5.32 Å². The Balaban J connectivity index is 1.68. The van der Waals surface area contributed by atoms with Crippen molar-refractivity contribution >= 4 is 11.6 Å². The molecule has 110 valence electrons. The molecule has 1 aromatic rings. The molecule has 0 radical (unpaired) electrons. The molecule has 0 bridgehead atoms. The molecule has 3 heteroatoms. The molecule has 2 aliphatic rings. The van der Waals surface area contributed by atoms with Crippen molar-refractivity contribution in [3.05, 3.63) is 28.8 Å². The zero-order chi connectivity index (χ0) is 13.8. The van der Waals surface area contributed by atoms with Gasteiger partial charge in [-0.2, -0.15) is 0 Å². The number of hydrogen-bond acceptors (Lipinski definition) is 2.